The van der Waals surface area contributed by atoms with E-state index in [1.807, 2.05) is 19.9 Å². The molecule has 1 atom stereocenters. The third-order valence-corrected chi connectivity index (χ3v) is 5.69. The van der Waals surface area contributed by atoms with E-state index in [9.17, 15) is 17.6 Å². The van der Waals surface area contributed by atoms with Gasteiger partial charge in [0.25, 0.3) is 0 Å². The molecule has 0 saturated heterocycles. The number of benzene rings is 2. The number of hydrogen-bond donors (Lipinski definition) is 0. The van der Waals surface area contributed by atoms with Gasteiger partial charge in [-0.15, -0.1) is 0 Å². The van der Waals surface area contributed by atoms with Gasteiger partial charge in [-0.2, -0.15) is 8.42 Å². The van der Waals surface area contributed by atoms with Crippen LogP contribution >= 0.6 is 0 Å². The second kappa shape index (κ2) is 9.68. The first-order valence-electron chi connectivity index (χ1n) is 9.29. The molecule has 5 nitrogen and oxygen atoms in total. The molecule has 0 spiro atoms. The maximum Gasteiger partial charge on any atom is 0.308 e. The van der Waals surface area contributed by atoms with Crippen molar-refractivity contribution in [3.63, 3.8) is 0 Å². The van der Waals surface area contributed by atoms with Crippen molar-refractivity contribution in [2.24, 2.45) is 0 Å². The standard InChI is InChI=1S/C21H26FNO4S/c1-4-16(3)23(21(24)14-17-9-11-19(22)12-10-17)15-18-7-6-8-20(13-18)27-28(25,26)5-2/h6-13,16H,4-5,14-15H2,1-3H3. The number of rotatable bonds is 9. The zero-order chi connectivity index (χ0) is 20.7. The van der Waals surface area contributed by atoms with E-state index in [-0.39, 0.29) is 35.7 Å². The molecular weight excluding hydrogens is 381 g/mol. The van der Waals surface area contributed by atoms with Gasteiger partial charge in [0.2, 0.25) is 5.91 Å². The Kier molecular flexibility index (Phi) is 7.57. The fourth-order valence-corrected chi connectivity index (χ4v) is 3.20. The van der Waals surface area contributed by atoms with E-state index >= 15 is 0 Å². The summed E-state index contributed by atoms with van der Waals surface area (Å²) in [6.45, 7) is 5.80. The van der Waals surface area contributed by atoms with Crippen LogP contribution < -0.4 is 4.18 Å². The molecule has 28 heavy (non-hydrogen) atoms. The highest BCUT2D eigenvalue weighted by molar-refractivity contribution is 7.87. The normalized spacial score (nSPS) is 12.4. The molecule has 152 valence electrons. The Morgan fingerprint density at radius 1 is 1.11 bits per heavy atom. The van der Waals surface area contributed by atoms with Crippen molar-refractivity contribution in [2.75, 3.05) is 5.75 Å². The van der Waals surface area contributed by atoms with Crippen LogP contribution in [0.15, 0.2) is 48.5 Å². The van der Waals surface area contributed by atoms with Crippen LogP contribution in [0.1, 0.15) is 38.3 Å². The Labute approximate surface area is 166 Å². The smallest absolute Gasteiger partial charge is 0.308 e. The fraction of sp³-hybridized carbons (Fsp3) is 0.381. The van der Waals surface area contributed by atoms with Gasteiger partial charge in [-0.3, -0.25) is 4.79 Å². The molecule has 0 aromatic heterocycles. The summed E-state index contributed by atoms with van der Waals surface area (Å²) in [6, 6.07) is 12.6. The van der Waals surface area contributed by atoms with Gasteiger partial charge in [-0.25, -0.2) is 4.39 Å². The Hall–Kier alpha value is -2.41. The molecule has 2 rings (SSSR count). The molecule has 2 aromatic carbocycles. The molecule has 0 N–H and O–H groups in total. The minimum atomic E-state index is -3.61. The van der Waals surface area contributed by atoms with Crippen molar-refractivity contribution in [2.45, 2.75) is 46.2 Å². The van der Waals surface area contributed by atoms with Gasteiger partial charge in [0.05, 0.1) is 12.2 Å². The second-order valence-electron chi connectivity index (χ2n) is 6.66. The third kappa shape index (κ3) is 6.34. The first kappa shape index (κ1) is 21.9. The van der Waals surface area contributed by atoms with Crippen LogP contribution in [0.4, 0.5) is 4.39 Å². The van der Waals surface area contributed by atoms with Gasteiger partial charge in [0.1, 0.15) is 11.6 Å². The zero-order valence-electron chi connectivity index (χ0n) is 16.4. The van der Waals surface area contributed by atoms with Gasteiger partial charge in [-0.1, -0.05) is 31.2 Å². The van der Waals surface area contributed by atoms with Crippen molar-refractivity contribution in [1.82, 2.24) is 4.90 Å². The summed E-state index contributed by atoms with van der Waals surface area (Å²) < 4.78 is 41.5. The van der Waals surface area contributed by atoms with Crippen LogP contribution in [0.2, 0.25) is 0 Å². The molecule has 0 aliphatic rings. The molecular formula is C21H26FNO4S. The highest BCUT2D eigenvalue weighted by atomic mass is 32.2. The van der Waals surface area contributed by atoms with Gasteiger partial charge in [0.15, 0.2) is 0 Å². The largest absolute Gasteiger partial charge is 0.382 e. The monoisotopic (exact) mass is 407 g/mol. The van der Waals surface area contributed by atoms with Crippen LogP contribution in [0.5, 0.6) is 5.75 Å². The lowest BCUT2D eigenvalue weighted by molar-refractivity contribution is -0.133. The van der Waals surface area contributed by atoms with E-state index in [1.54, 1.807) is 35.2 Å². The number of hydrogen-bond acceptors (Lipinski definition) is 4. The molecule has 0 aliphatic carbocycles. The molecule has 1 amide bonds. The molecule has 0 bridgehead atoms. The molecule has 0 fully saturated rings. The Balaban J connectivity index is 2.17. The van der Waals surface area contributed by atoms with E-state index in [0.29, 0.717) is 6.54 Å². The van der Waals surface area contributed by atoms with Crippen molar-refractivity contribution >= 4 is 16.0 Å². The minimum absolute atomic E-state index is 0.00287. The summed E-state index contributed by atoms with van der Waals surface area (Å²) in [5, 5.41) is 0. The second-order valence-corrected chi connectivity index (χ2v) is 8.52. The van der Waals surface area contributed by atoms with Crippen LogP contribution in [0, 0.1) is 5.82 Å². The topological polar surface area (TPSA) is 63.7 Å². The van der Waals surface area contributed by atoms with Crippen LogP contribution in [-0.4, -0.2) is 31.0 Å². The van der Waals surface area contributed by atoms with Crippen LogP contribution in [0.25, 0.3) is 0 Å². The van der Waals surface area contributed by atoms with Crippen LogP contribution in [-0.2, 0) is 27.9 Å². The van der Waals surface area contributed by atoms with Crippen molar-refractivity contribution < 1.29 is 21.8 Å². The summed E-state index contributed by atoms with van der Waals surface area (Å²) >= 11 is 0. The SMILES string of the molecule is CCC(C)N(Cc1cccc(OS(=O)(=O)CC)c1)C(=O)Cc1ccc(F)cc1. The molecule has 1 unspecified atom stereocenters. The quantitative estimate of drug-likeness (QED) is 0.591. The lowest BCUT2D eigenvalue weighted by atomic mass is 10.1. The average Bonchev–Trinajstić information content (AvgIpc) is 2.67. The first-order chi connectivity index (χ1) is 13.2. The maximum atomic E-state index is 13.1. The Bertz CT molecular complexity index is 897. The van der Waals surface area contributed by atoms with E-state index in [4.69, 9.17) is 4.18 Å². The molecule has 0 aliphatic heterocycles. The number of carbonyl (C=O) groups excluding carboxylic acids is 1. The summed E-state index contributed by atoms with van der Waals surface area (Å²) in [4.78, 5) is 14.6. The van der Waals surface area contributed by atoms with Gasteiger partial charge in [-0.05, 0) is 55.7 Å². The molecule has 0 radical (unpaired) electrons. The van der Waals surface area contributed by atoms with Gasteiger partial charge in [0, 0.05) is 12.6 Å². The van der Waals surface area contributed by atoms with E-state index in [1.165, 1.54) is 19.1 Å². The number of carbonyl (C=O) groups is 1. The highest BCUT2D eigenvalue weighted by Crippen LogP contribution is 2.19. The molecule has 0 saturated carbocycles. The Morgan fingerprint density at radius 3 is 2.39 bits per heavy atom. The molecule has 0 heterocycles. The number of halogens is 1. The predicted octanol–water partition coefficient (Wildman–Crippen LogP) is 3.92. The summed E-state index contributed by atoms with van der Waals surface area (Å²) in [5.41, 5.74) is 1.52. The van der Waals surface area contributed by atoms with Crippen molar-refractivity contribution in [1.29, 1.82) is 0 Å². The van der Waals surface area contributed by atoms with Crippen LogP contribution in [0.3, 0.4) is 0 Å². The fourth-order valence-electron chi connectivity index (χ4n) is 2.69. The van der Waals surface area contributed by atoms with E-state index in [2.05, 4.69) is 0 Å². The Morgan fingerprint density at radius 2 is 1.79 bits per heavy atom. The lowest BCUT2D eigenvalue weighted by Crippen LogP contribution is -2.38. The van der Waals surface area contributed by atoms with Gasteiger partial charge >= 0.3 is 10.1 Å². The first-order valence-corrected chi connectivity index (χ1v) is 10.9. The van der Waals surface area contributed by atoms with Crippen molar-refractivity contribution in [3.05, 3.63) is 65.5 Å². The number of amides is 1. The molecule has 7 heteroatoms. The lowest BCUT2D eigenvalue weighted by Gasteiger charge is -2.29. The highest BCUT2D eigenvalue weighted by Gasteiger charge is 2.20. The molecule has 2 aromatic rings. The number of nitrogens with zero attached hydrogens (tertiary/aromatic N) is 1. The van der Waals surface area contributed by atoms with E-state index in [0.717, 1.165) is 17.5 Å². The van der Waals surface area contributed by atoms with Gasteiger partial charge < -0.3 is 9.08 Å². The summed E-state index contributed by atoms with van der Waals surface area (Å²) in [6.07, 6.45) is 0.945. The average molecular weight is 408 g/mol. The van der Waals surface area contributed by atoms with E-state index < -0.39 is 10.1 Å². The van der Waals surface area contributed by atoms with Crippen molar-refractivity contribution in [3.8, 4) is 5.75 Å². The predicted molar refractivity (Wildman–Crippen MR) is 107 cm³/mol. The zero-order valence-corrected chi connectivity index (χ0v) is 17.2. The maximum absolute atomic E-state index is 13.1. The minimum Gasteiger partial charge on any atom is -0.382 e. The summed E-state index contributed by atoms with van der Waals surface area (Å²) in [5.74, 6) is -0.302. The summed E-state index contributed by atoms with van der Waals surface area (Å²) in [7, 11) is -3.61. The third-order valence-electron chi connectivity index (χ3n) is 4.54.